The molecule has 0 bridgehead atoms. The van der Waals surface area contributed by atoms with Gasteiger partial charge in [0.15, 0.2) is 5.17 Å². The molecule has 0 unspecified atom stereocenters. The van der Waals surface area contributed by atoms with Gasteiger partial charge < -0.3 is 9.47 Å². The quantitative estimate of drug-likeness (QED) is 0.768. The van der Waals surface area contributed by atoms with Gasteiger partial charge >= 0.3 is 0 Å². The summed E-state index contributed by atoms with van der Waals surface area (Å²) in [5, 5.41) is 1.81. The average Bonchev–Trinajstić information content (AvgIpc) is 3.37. The molecule has 2 fully saturated rings. The molecule has 3 aliphatic rings. The fraction of sp³-hybridized carbons (Fsp3) is 0.524. The lowest BCUT2D eigenvalue weighted by atomic mass is 9.94. The van der Waals surface area contributed by atoms with Crippen molar-refractivity contribution < 1.29 is 0 Å². The molecule has 0 N–H and O–H groups in total. The fourth-order valence-electron chi connectivity index (χ4n) is 4.79. The van der Waals surface area contributed by atoms with Gasteiger partial charge in [0.05, 0.1) is 11.7 Å². The van der Waals surface area contributed by atoms with Gasteiger partial charge in [-0.2, -0.15) is 0 Å². The Bertz CT molecular complexity index is 793. The lowest BCUT2D eigenvalue weighted by Crippen LogP contribution is -2.31. The normalized spacial score (nSPS) is 29.0. The van der Waals surface area contributed by atoms with Crippen LogP contribution in [0, 0.1) is 0 Å². The van der Waals surface area contributed by atoms with Crippen LogP contribution in [0.5, 0.6) is 0 Å². The van der Waals surface area contributed by atoms with E-state index < -0.39 is 0 Å². The van der Waals surface area contributed by atoms with Gasteiger partial charge in [0.2, 0.25) is 0 Å². The number of thioether (sulfide) groups is 1. The van der Waals surface area contributed by atoms with E-state index in [1.807, 2.05) is 24.0 Å². The molecule has 1 aliphatic carbocycles. The van der Waals surface area contributed by atoms with E-state index in [0.29, 0.717) is 11.3 Å². The van der Waals surface area contributed by atoms with Crippen molar-refractivity contribution in [2.45, 2.75) is 62.4 Å². The van der Waals surface area contributed by atoms with Crippen molar-refractivity contribution in [2.24, 2.45) is 4.99 Å². The number of rotatable bonds is 3. The monoisotopic (exact) mass is 366 g/mol. The Labute approximate surface area is 159 Å². The molecule has 5 rings (SSSR count). The molecule has 2 aromatic rings. The van der Waals surface area contributed by atoms with Crippen LogP contribution in [0.2, 0.25) is 0 Å². The van der Waals surface area contributed by atoms with Gasteiger partial charge in [-0.25, -0.2) is 0 Å². The van der Waals surface area contributed by atoms with Crippen molar-refractivity contribution in [1.29, 1.82) is 0 Å². The second-order valence-electron chi connectivity index (χ2n) is 7.77. The largest absolute Gasteiger partial charge is 0.346 e. The van der Waals surface area contributed by atoms with Gasteiger partial charge in [-0.1, -0.05) is 44.0 Å². The first-order valence-corrected chi connectivity index (χ1v) is 10.8. The highest BCUT2D eigenvalue weighted by atomic mass is 32.2. The second kappa shape index (κ2) is 6.76. The molecule has 3 atom stereocenters. The van der Waals surface area contributed by atoms with Gasteiger partial charge in [0.25, 0.3) is 0 Å². The summed E-state index contributed by atoms with van der Waals surface area (Å²) in [7, 11) is 0. The smallest absolute Gasteiger partial charge is 0.160 e. The third-order valence-electron chi connectivity index (χ3n) is 5.96. The lowest BCUT2D eigenvalue weighted by Gasteiger charge is -2.32. The summed E-state index contributed by atoms with van der Waals surface area (Å²) in [5.74, 6) is 0. The number of hydrogen-bond acceptors (Lipinski definition) is 4. The van der Waals surface area contributed by atoms with Crippen molar-refractivity contribution in [3.8, 4) is 0 Å². The third kappa shape index (κ3) is 2.77. The van der Waals surface area contributed by atoms with E-state index in [1.165, 1.54) is 43.0 Å². The number of fused-ring (bicyclic) bond motifs is 1. The Morgan fingerprint density at radius 2 is 1.96 bits per heavy atom. The minimum absolute atomic E-state index is 0.100. The molecule has 26 heavy (non-hydrogen) atoms. The van der Waals surface area contributed by atoms with E-state index in [2.05, 4.69) is 51.8 Å². The molecular formula is C21H26N4S. The van der Waals surface area contributed by atoms with Crippen LogP contribution < -0.4 is 0 Å². The number of aliphatic imine (C=N–C) groups is 1. The van der Waals surface area contributed by atoms with E-state index in [4.69, 9.17) is 4.99 Å². The van der Waals surface area contributed by atoms with Gasteiger partial charge in [0, 0.05) is 35.9 Å². The molecule has 1 saturated heterocycles. The van der Waals surface area contributed by atoms with Crippen molar-refractivity contribution in [3.63, 3.8) is 0 Å². The molecule has 4 heterocycles. The maximum atomic E-state index is 5.12. The van der Waals surface area contributed by atoms with E-state index in [-0.39, 0.29) is 12.1 Å². The molecule has 1 saturated carbocycles. The van der Waals surface area contributed by atoms with Crippen LogP contribution >= 0.6 is 11.8 Å². The SMILES string of the molecule is C[C@@H]1CN2C(=N[C@@H](c3ccccn3)[C@H]2c2cccn2C2CCCCC2)S1. The molecule has 5 heteroatoms. The number of nitrogens with zero attached hydrogens (tertiary/aromatic N) is 4. The van der Waals surface area contributed by atoms with E-state index in [1.54, 1.807) is 0 Å². The summed E-state index contributed by atoms with van der Waals surface area (Å²) in [6.45, 7) is 3.38. The molecule has 2 aromatic heterocycles. The van der Waals surface area contributed by atoms with Crippen LogP contribution in [0.3, 0.4) is 0 Å². The summed E-state index contributed by atoms with van der Waals surface area (Å²) >= 11 is 1.92. The fourth-order valence-corrected chi connectivity index (χ4v) is 5.88. The molecule has 136 valence electrons. The van der Waals surface area contributed by atoms with Gasteiger partial charge in [-0.15, -0.1) is 0 Å². The summed E-state index contributed by atoms with van der Waals surface area (Å²) in [5.41, 5.74) is 2.50. The predicted molar refractivity (Wildman–Crippen MR) is 107 cm³/mol. The topological polar surface area (TPSA) is 33.4 Å². The molecule has 0 spiro atoms. The summed E-state index contributed by atoms with van der Waals surface area (Å²) in [6.07, 6.45) is 10.9. The van der Waals surface area contributed by atoms with Crippen LogP contribution in [-0.4, -0.2) is 31.4 Å². The van der Waals surface area contributed by atoms with Crippen molar-refractivity contribution in [3.05, 3.63) is 54.1 Å². The number of pyridine rings is 1. The maximum absolute atomic E-state index is 5.12. The van der Waals surface area contributed by atoms with Crippen LogP contribution in [0.25, 0.3) is 0 Å². The number of aromatic nitrogens is 2. The zero-order chi connectivity index (χ0) is 17.5. The predicted octanol–water partition coefficient (Wildman–Crippen LogP) is 4.98. The van der Waals surface area contributed by atoms with E-state index in [9.17, 15) is 0 Å². The highest BCUT2D eigenvalue weighted by Crippen LogP contribution is 2.48. The Balaban J connectivity index is 1.55. The van der Waals surface area contributed by atoms with Crippen LogP contribution in [0.4, 0.5) is 0 Å². The van der Waals surface area contributed by atoms with Gasteiger partial charge in [-0.05, 0) is 37.1 Å². The Morgan fingerprint density at radius 1 is 1.08 bits per heavy atom. The highest BCUT2D eigenvalue weighted by molar-refractivity contribution is 8.14. The first-order chi connectivity index (χ1) is 12.8. The molecule has 0 aromatic carbocycles. The molecule has 0 radical (unpaired) electrons. The van der Waals surface area contributed by atoms with Crippen molar-refractivity contribution >= 4 is 16.9 Å². The highest BCUT2D eigenvalue weighted by Gasteiger charge is 2.44. The van der Waals surface area contributed by atoms with Gasteiger partial charge in [0.1, 0.15) is 6.04 Å². The lowest BCUT2D eigenvalue weighted by molar-refractivity contribution is 0.282. The van der Waals surface area contributed by atoms with E-state index in [0.717, 1.165) is 12.2 Å². The first-order valence-electron chi connectivity index (χ1n) is 9.90. The zero-order valence-electron chi connectivity index (χ0n) is 15.3. The first kappa shape index (κ1) is 16.4. The van der Waals surface area contributed by atoms with Crippen molar-refractivity contribution in [2.75, 3.05) is 6.54 Å². The molecule has 4 nitrogen and oxygen atoms in total. The Morgan fingerprint density at radius 3 is 2.77 bits per heavy atom. The second-order valence-corrected chi connectivity index (χ2v) is 9.17. The maximum Gasteiger partial charge on any atom is 0.160 e. The molecule has 2 aliphatic heterocycles. The van der Waals surface area contributed by atoms with Crippen LogP contribution in [-0.2, 0) is 0 Å². The average molecular weight is 367 g/mol. The third-order valence-corrected chi connectivity index (χ3v) is 7.07. The minimum Gasteiger partial charge on any atom is -0.346 e. The molecular weight excluding hydrogens is 340 g/mol. The summed E-state index contributed by atoms with van der Waals surface area (Å²) in [4.78, 5) is 12.3. The summed E-state index contributed by atoms with van der Waals surface area (Å²) in [6, 6.07) is 11.8. The number of hydrogen-bond donors (Lipinski definition) is 0. The van der Waals surface area contributed by atoms with Crippen molar-refractivity contribution in [1.82, 2.24) is 14.5 Å². The van der Waals surface area contributed by atoms with Crippen LogP contribution in [0.15, 0.2) is 47.7 Å². The Hall–Kier alpha value is -1.75. The number of amidine groups is 1. The zero-order valence-corrected chi connectivity index (χ0v) is 16.1. The Kier molecular flexibility index (Phi) is 4.27. The molecule has 0 amide bonds. The standard InChI is InChI=1S/C21H26N4S/c1-15-14-25-20(18-11-7-13-24(18)16-8-3-2-4-9-16)19(23-21(25)26-15)17-10-5-6-12-22-17/h5-7,10-13,15-16,19-20H,2-4,8-9,14H2,1H3/t15-,19+,20-/m1/s1. The summed E-state index contributed by atoms with van der Waals surface area (Å²) < 4.78 is 2.56. The van der Waals surface area contributed by atoms with Gasteiger partial charge in [-0.3, -0.25) is 9.98 Å². The van der Waals surface area contributed by atoms with E-state index >= 15 is 0 Å². The minimum atomic E-state index is 0.100. The van der Waals surface area contributed by atoms with Crippen LogP contribution in [0.1, 0.15) is 68.5 Å².